The minimum absolute atomic E-state index is 0.0616. The number of rotatable bonds is 9. The van der Waals surface area contributed by atoms with Crippen LogP contribution in [-0.4, -0.2) is 41.6 Å². The Morgan fingerprint density at radius 1 is 1.02 bits per heavy atom. The highest BCUT2D eigenvalue weighted by Crippen LogP contribution is 2.49. The van der Waals surface area contributed by atoms with E-state index < -0.39 is 11.0 Å². The van der Waals surface area contributed by atoms with Crippen LogP contribution in [0.5, 0.6) is 0 Å². The second-order valence-corrected chi connectivity index (χ2v) is 13.8. The molecule has 238 valence electrons. The molecule has 1 N–H and O–H groups in total. The molecule has 1 aliphatic carbocycles. The smallest absolute Gasteiger partial charge is 0.314 e. The number of aromatic nitrogens is 6. The number of esters is 1. The van der Waals surface area contributed by atoms with Crippen molar-refractivity contribution in [1.29, 1.82) is 0 Å². The lowest BCUT2D eigenvalue weighted by atomic mass is 9.67. The molecule has 2 aliphatic rings. The normalized spacial score (nSPS) is 18.0. The summed E-state index contributed by atoms with van der Waals surface area (Å²) >= 11 is 0. The molecule has 6 rings (SSSR count). The van der Waals surface area contributed by atoms with Crippen LogP contribution in [0.4, 0.5) is 0 Å². The topological polar surface area (TPSA) is 108 Å². The summed E-state index contributed by atoms with van der Waals surface area (Å²) in [5.41, 5.74) is 4.94. The molecule has 4 aromatic rings. The van der Waals surface area contributed by atoms with E-state index >= 15 is 0 Å². The van der Waals surface area contributed by atoms with Crippen LogP contribution in [0.2, 0.25) is 0 Å². The maximum Gasteiger partial charge on any atom is 0.314 e. The molecule has 1 atom stereocenters. The van der Waals surface area contributed by atoms with Gasteiger partial charge in [0.05, 0.1) is 11.5 Å². The highest BCUT2D eigenvalue weighted by molar-refractivity contribution is 5.80. The van der Waals surface area contributed by atoms with Gasteiger partial charge in [-0.1, -0.05) is 81.1 Å². The lowest BCUT2D eigenvalue weighted by Crippen LogP contribution is -2.49. The molecule has 45 heavy (non-hydrogen) atoms. The number of nitrogens with zero attached hydrogens (tertiary/aromatic N) is 5. The van der Waals surface area contributed by atoms with Crippen molar-refractivity contribution >= 4 is 5.97 Å². The number of ether oxygens (including phenoxy) is 1. The van der Waals surface area contributed by atoms with Crippen LogP contribution >= 0.6 is 0 Å². The molecule has 2 aromatic carbocycles. The van der Waals surface area contributed by atoms with Crippen molar-refractivity contribution in [3.05, 3.63) is 75.7 Å². The zero-order chi connectivity index (χ0) is 31.6. The second-order valence-electron chi connectivity index (χ2n) is 13.8. The average Bonchev–Trinajstić information content (AvgIpc) is 3.67. The van der Waals surface area contributed by atoms with Gasteiger partial charge in [0.1, 0.15) is 5.60 Å². The minimum Gasteiger partial charge on any atom is -0.459 e. The quantitative estimate of drug-likeness (QED) is 0.203. The Morgan fingerprint density at radius 2 is 1.76 bits per heavy atom. The van der Waals surface area contributed by atoms with Crippen LogP contribution in [0.1, 0.15) is 108 Å². The van der Waals surface area contributed by atoms with Gasteiger partial charge in [0.25, 0.3) is 5.56 Å². The molecule has 1 fully saturated rings. The van der Waals surface area contributed by atoms with Gasteiger partial charge < -0.3 is 4.74 Å². The van der Waals surface area contributed by atoms with Crippen molar-refractivity contribution in [2.24, 2.45) is 5.41 Å². The summed E-state index contributed by atoms with van der Waals surface area (Å²) in [6.45, 7) is 8.81. The lowest BCUT2D eigenvalue weighted by Gasteiger charge is -2.45. The average molecular weight is 611 g/mol. The number of hydrogen-bond donors (Lipinski definition) is 1. The van der Waals surface area contributed by atoms with E-state index in [4.69, 9.17) is 4.74 Å². The fraction of sp³-hybridized carbons (Fsp3) is 0.528. The van der Waals surface area contributed by atoms with Gasteiger partial charge >= 0.3 is 5.97 Å². The van der Waals surface area contributed by atoms with E-state index in [-0.39, 0.29) is 17.6 Å². The van der Waals surface area contributed by atoms with E-state index in [1.54, 1.807) is 0 Å². The number of nitrogens with one attached hydrogen (secondary N) is 1. The number of unbranched alkanes of at least 4 members (excludes halogenated alkanes) is 1. The first-order chi connectivity index (χ1) is 21.7. The first-order valence-electron chi connectivity index (χ1n) is 16.7. The molecular formula is C36H46N6O3. The first kappa shape index (κ1) is 31.0. The van der Waals surface area contributed by atoms with Crippen LogP contribution in [0, 0.1) is 5.41 Å². The summed E-state index contributed by atoms with van der Waals surface area (Å²) in [5, 5.41) is 14.5. The lowest BCUT2D eigenvalue weighted by molar-refractivity contribution is -0.175. The number of tetrazole rings is 1. The van der Waals surface area contributed by atoms with E-state index in [1.807, 2.05) is 43.7 Å². The Hall–Kier alpha value is -4.01. The van der Waals surface area contributed by atoms with Gasteiger partial charge in [-0.15, -0.1) is 5.10 Å². The van der Waals surface area contributed by atoms with Crippen molar-refractivity contribution in [3.63, 3.8) is 0 Å². The van der Waals surface area contributed by atoms with Gasteiger partial charge in [0.2, 0.25) is 0 Å². The Bertz CT molecular complexity index is 1670. The Balaban J connectivity index is 1.37. The molecule has 1 unspecified atom stereocenters. The third kappa shape index (κ3) is 6.14. The largest absolute Gasteiger partial charge is 0.459 e. The van der Waals surface area contributed by atoms with Crippen molar-refractivity contribution in [1.82, 2.24) is 30.0 Å². The molecule has 1 saturated carbocycles. The Morgan fingerprint density at radius 3 is 2.42 bits per heavy atom. The van der Waals surface area contributed by atoms with Crippen LogP contribution in [0.25, 0.3) is 22.5 Å². The first-order valence-corrected chi connectivity index (χ1v) is 16.7. The number of aromatic amines is 1. The highest BCUT2D eigenvalue weighted by atomic mass is 16.6. The van der Waals surface area contributed by atoms with Crippen LogP contribution in [0.15, 0.2) is 53.3 Å². The van der Waals surface area contributed by atoms with E-state index in [9.17, 15) is 9.59 Å². The SMILES string of the molecule is CCCCc1c(Cc2ccc(-c3ccccc3-c3nnn[nH]3)cc2)c(=O)n2n1CCCC2C1(C(=O)OC(C)(C)C)CCCCC1. The van der Waals surface area contributed by atoms with Crippen LogP contribution in [0.3, 0.4) is 0 Å². The Labute approximate surface area is 265 Å². The zero-order valence-electron chi connectivity index (χ0n) is 27.1. The van der Waals surface area contributed by atoms with Gasteiger partial charge in [-0.25, -0.2) is 9.78 Å². The third-order valence-electron chi connectivity index (χ3n) is 9.66. The van der Waals surface area contributed by atoms with Gasteiger partial charge in [-0.2, -0.15) is 0 Å². The molecule has 0 bridgehead atoms. The monoisotopic (exact) mass is 610 g/mol. The van der Waals surface area contributed by atoms with Crippen molar-refractivity contribution < 1.29 is 9.53 Å². The maximum absolute atomic E-state index is 14.5. The maximum atomic E-state index is 14.5. The summed E-state index contributed by atoms with van der Waals surface area (Å²) in [5.74, 6) is 0.495. The summed E-state index contributed by atoms with van der Waals surface area (Å²) < 4.78 is 10.3. The highest BCUT2D eigenvalue weighted by Gasteiger charge is 2.51. The summed E-state index contributed by atoms with van der Waals surface area (Å²) in [6.07, 6.45) is 9.92. The number of H-pyrrole nitrogens is 1. The number of fused-ring (bicyclic) bond motifs is 1. The van der Waals surface area contributed by atoms with Gasteiger partial charge in [-0.3, -0.25) is 14.3 Å². The molecule has 1 aliphatic heterocycles. The number of benzene rings is 2. The van der Waals surface area contributed by atoms with Crippen molar-refractivity contribution in [3.8, 4) is 22.5 Å². The number of carbonyl (C=O) groups excluding carboxylic acids is 1. The molecule has 3 heterocycles. The third-order valence-corrected chi connectivity index (χ3v) is 9.66. The Kier molecular flexibility index (Phi) is 8.80. The number of carbonyl (C=O) groups is 1. The van der Waals surface area contributed by atoms with E-state index in [2.05, 4.69) is 62.6 Å². The fourth-order valence-corrected chi connectivity index (χ4v) is 7.54. The molecule has 0 saturated heterocycles. The predicted octanol–water partition coefficient (Wildman–Crippen LogP) is 7.06. The predicted molar refractivity (Wildman–Crippen MR) is 175 cm³/mol. The molecule has 0 radical (unpaired) electrons. The minimum atomic E-state index is -0.667. The zero-order valence-corrected chi connectivity index (χ0v) is 27.1. The van der Waals surface area contributed by atoms with E-state index in [0.717, 1.165) is 104 Å². The fourth-order valence-electron chi connectivity index (χ4n) is 7.54. The second kappa shape index (κ2) is 12.8. The molecule has 9 nitrogen and oxygen atoms in total. The summed E-state index contributed by atoms with van der Waals surface area (Å²) in [4.78, 5) is 28.5. The molecular weight excluding hydrogens is 564 g/mol. The van der Waals surface area contributed by atoms with E-state index in [1.165, 1.54) is 0 Å². The van der Waals surface area contributed by atoms with Crippen LogP contribution in [-0.2, 0) is 28.9 Å². The molecule has 0 spiro atoms. The summed E-state index contributed by atoms with van der Waals surface area (Å²) in [7, 11) is 0. The summed E-state index contributed by atoms with van der Waals surface area (Å²) in [6, 6.07) is 16.3. The molecule has 0 amide bonds. The van der Waals surface area contributed by atoms with Gasteiger partial charge in [-0.05, 0) is 86.4 Å². The standard InChI is InChI=1S/C36H46N6O3/c1-5-6-15-30-29(24-25-17-19-26(20-18-25)27-13-8-9-14-28(27)32-37-39-40-38-32)33(43)42-31(16-12-23-41(30)42)36(21-10-7-11-22-36)34(44)45-35(2,3)4/h8-9,13-14,17-20,31H,5-7,10-12,15-16,21-24H2,1-4H3,(H,37,38,39,40). The van der Waals surface area contributed by atoms with Gasteiger partial charge in [0, 0.05) is 29.8 Å². The number of hydrogen-bond acceptors (Lipinski definition) is 6. The van der Waals surface area contributed by atoms with Crippen molar-refractivity contribution in [2.45, 2.75) is 117 Å². The van der Waals surface area contributed by atoms with Gasteiger partial charge in [0.15, 0.2) is 5.82 Å². The molecule has 9 heteroatoms. The van der Waals surface area contributed by atoms with Crippen LogP contribution < -0.4 is 5.56 Å². The van der Waals surface area contributed by atoms with E-state index in [0.29, 0.717) is 12.2 Å². The molecule has 2 aromatic heterocycles. The van der Waals surface area contributed by atoms with Crippen molar-refractivity contribution in [2.75, 3.05) is 0 Å².